The Morgan fingerprint density at radius 1 is 1.30 bits per heavy atom. The molecule has 0 aromatic heterocycles. The minimum atomic E-state index is 0.146. The quantitative estimate of drug-likeness (QED) is 0.420. The van der Waals surface area contributed by atoms with Crippen LogP contribution in [0.1, 0.15) is 37.7 Å². The van der Waals surface area contributed by atoms with Crippen molar-refractivity contribution in [2.24, 2.45) is 10.8 Å². The molecule has 1 aromatic rings. The summed E-state index contributed by atoms with van der Waals surface area (Å²) in [5.41, 5.74) is 6.83. The van der Waals surface area contributed by atoms with Gasteiger partial charge < -0.3 is 10.5 Å². The van der Waals surface area contributed by atoms with E-state index in [0.717, 1.165) is 44.4 Å². The minimum absolute atomic E-state index is 0.146. The van der Waals surface area contributed by atoms with Gasteiger partial charge in [0.15, 0.2) is 5.11 Å². The Labute approximate surface area is 176 Å². The molecule has 5 nitrogen and oxygen atoms in total. The maximum atomic E-state index is 6.36. The van der Waals surface area contributed by atoms with Crippen LogP contribution in [0.15, 0.2) is 23.3 Å². The summed E-state index contributed by atoms with van der Waals surface area (Å²) in [7, 11) is 0. The van der Waals surface area contributed by atoms with Crippen molar-refractivity contribution < 1.29 is 4.74 Å². The molecule has 8 heteroatoms. The number of nitrogens with zero attached hydrogens (tertiary/aromatic N) is 3. The van der Waals surface area contributed by atoms with Gasteiger partial charge in [0.05, 0.1) is 12.6 Å². The van der Waals surface area contributed by atoms with Crippen molar-refractivity contribution >= 4 is 46.7 Å². The average Bonchev–Trinajstić information content (AvgIpc) is 3.15. The number of benzene rings is 1. The van der Waals surface area contributed by atoms with Gasteiger partial charge in [-0.3, -0.25) is 4.90 Å². The summed E-state index contributed by atoms with van der Waals surface area (Å²) in [4.78, 5) is 2.36. The number of hydrogen-bond acceptors (Lipinski definition) is 4. The Bertz CT molecular complexity index is 661. The number of nitrogens with two attached hydrogens (primary N) is 1. The second-order valence-corrected chi connectivity index (χ2v) is 8.29. The largest absolute Gasteiger partial charge is 0.376 e. The number of halogens is 2. The summed E-state index contributed by atoms with van der Waals surface area (Å²) in [5.74, 6) is 0. The Hall–Kier alpha value is -0.920. The van der Waals surface area contributed by atoms with Gasteiger partial charge in [0, 0.05) is 41.0 Å². The van der Waals surface area contributed by atoms with Gasteiger partial charge in [0.25, 0.3) is 0 Å². The van der Waals surface area contributed by atoms with E-state index >= 15 is 0 Å². The molecule has 0 bridgehead atoms. The maximum absolute atomic E-state index is 6.36. The fraction of sp³-hybridized carbons (Fsp3) is 0.579. The van der Waals surface area contributed by atoms with Gasteiger partial charge in [-0.25, -0.2) is 5.01 Å². The smallest absolute Gasteiger partial charge is 0.187 e. The summed E-state index contributed by atoms with van der Waals surface area (Å²) in [6.45, 7) is 3.09. The predicted molar refractivity (Wildman–Crippen MR) is 115 cm³/mol. The molecule has 148 valence electrons. The molecule has 2 N–H and O–H groups in total. The standard InChI is InChI=1S/C19H26Cl2N4OS/c20-17-7-3-8-18(21)16(17)13-24-9-2-1-5-14(24)11-23-25(19(22)27)12-15-6-4-10-26-15/h3,7-8,11,14-15H,1-2,4-6,9-10,12-13H2,(H2,22,27). The van der Waals surface area contributed by atoms with Crippen molar-refractivity contribution in [3.8, 4) is 0 Å². The molecule has 2 heterocycles. The molecule has 2 saturated heterocycles. The van der Waals surface area contributed by atoms with Crippen molar-refractivity contribution in [3.63, 3.8) is 0 Å². The average molecular weight is 429 g/mol. The third kappa shape index (κ3) is 5.78. The summed E-state index contributed by atoms with van der Waals surface area (Å²) < 4.78 is 5.68. The van der Waals surface area contributed by atoms with Crippen molar-refractivity contribution in [2.75, 3.05) is 19.7 Å². The van der Waals surface area contributed by atoms with Gasteiger partial charge >= 0.3 is 0 Å². The Morgan fingerprint density at radius 2 is 2.07 bits per heavy atom. The van der Waals surface area contributed by atoms with Crippen LogP contribution in [-0.2, 0) is 11.3 Å². The molecule has 27 heavy (non-hydrogen) atoms. The first kappa shape index (κ1) is 20.8. The van der Waals surface area contributed by atoms with E-state index in [4.69, 9.17) is 45.9 Å². The Balaban J connectivity index is 1.68. The third-order valence-corrected chi connectivity index (χ3v) is 6.04. The lowest BCUT2D eigenvalue weighted by atomic mass is 10.0. The second-order valence-electron chi connectivity index (χ2n) is 7.05. The highest BCUT2D eigenvalue weighted by Gasteiger charge is 2.24. The summed E-state index contributed by atoms with van der Waals surface area (Å²) in [6, 6.07) is 5.83. The van der Waals surface area contributed by atoms with Crippen molar-refractivity contribution in [1.29, 1.82) is 0 Å². The molecule has 0 spiro atoms. The zero-order chi connectivity index (χ0) is 19.2. The van der Waals surface area contributed by atoms with E-state index in [1.54, 1.807) is 5.01 Å². The van der Waals surface area contributed by atoms with E-state index in [2.05, 4.69) is 10.0 Å². The molecule has 2 unspecified atom stereocenters. The number of ether oxygens (including phenoxy) is 1. The van der Waals surface area contributed by atoms with Gasteiger partial charge in [0.2, 0.25) is 0 Å². The highest BCUT2D eigenvalue weighted by molar-refractivity contribution is 7.80. The van der Waals surface area contributed by atoms with Crippen LogP contribution in [0.5, 0.6) is 0 Å². The molecule has 2 aliphatic rings. The zero-order valence-electron chi connectivity index (χ0n) is 15.3. The predicted octanol–water partition coefficient (Wildman–Crippen LogP) is 4.06. The maximum Gasteiger partial charge on any atom is 0.187 e. The molecule has 0 amide bonds. The first-order valence-electron chi connectivity index (χ1n) is 9.44. The van der Waals surface area contributed by atoms with Crippen LogP contribution in [0.4, 0.5) is 0 Å². The number of rotatable bonds is 6. The molecule has 0 saturated carbocycles. The normalized spacial score (nSPS) is 23.8. The Kier molecular flexibility index (Phi) is 7.73. The fourth-order valence-corrected chi connectivity index (χ4v) is 4.24. The van der Waals surface area contributed by atoms with E-state index < -0.39 is 0 Å². The molecule has 0 radical (unpaired) electrons. The van der Waals surface area contributed by atoms with Crippen molar-refractivity contribution in [1.82, 2.24) is 9.91 Å². The van der Waals surface area contributed by atoms with Gasteiger partial charge in [-0.2, -0.15) is 5.10 Å². The zero-order valence-corrected chi connectivity index (χ0v) is 17.6. The first-order valence-corrected chi connectivity index (χ1v) is 10.6. The molecular weight excluding hydrogens is 403 g/mol. The van der Waals surface area contributed by atoms with E-state index in [9.17, 15) is 0 Å². The van der Waals surface area contributed by atoms with Crippen LogP contribution in [0, 0.1) is 0 Å². The summed E-state index contributed by atoms with van der Waals surface area (Å²) in [5, 5.41) is 7.96. The lowest BCUT2D eigenvalue weighted by Crippen LogP contribution is -2.42. The van der Waals surface area contributed by atoms with Crippen LogP contribution in [0.3, 0.4) is 0 Å². The van der Waals surface area contributed by atoms with Crippen LogP contribution < -0.4 is 5.73 Å². The molecule has 1 aromatic carbocycles. The molecular formula is C19H26Cl2N4OS. The lowest BCUT2D eigenvalue weighted by molar-refractivity contribution is 0.0920. The summed E-state index contributed by atoms with van der Waals surface area (Å²) in [6.07, 6.45) is 7.57. The van der Waals surface area contributed by atoms with Crippen LogP contribution >= 0.6 is 35.4 Å². The highest BCUT2D eigenvalue weighted by Crippen LogP contribution is 2.28. The minimum Gasteiger partial charge on any atom is -0.376 e. The molecule has 0 aliphatic carbocycles. The highest BCUT2D eigenvalue weighted by atomic mass is 35.5. The monoisotopic (exact) mass is 428 g/mol. The number of hydrogen-bond donors (Lipinski definition) is 1. The van der Waals surface area contributed by atoms with Crippen LogP contribution in [0.25, 0.3) is 0 Å². The van der Waals surface area contributed by atoms with Gasteiger partial charge in [-0.15, -0.1) is 0 Å². The fourth-order valence-electron chi connectivity index (χ4n) is 3.60. The van der Waals surface area contributed by atoms with Crippen molar-refractivity contribution in [2.45, 2.75) is 50.8 Å². The number of piperidine rings is 1. The van der Waals surface area contributed by atoms with E-state index in [-0.39, 0.29) is 17.3 Å². The van der Waals surface area contributed by atoms with Crippen LogP contribution in [0.2, 0.25) is 10.0 Å². The molecule has 2 fully saturated rings. The number of thiocarbonyl (C=S) groups is 1. The Morgan fingerprint density at radius 3 is 2.74 bits per heavy atom. The third-order valence-electron chi connectivity index (χ3n) is 5.12. The topological polar surface area (TPSA) is 54.1 Å². The number of likely N-dealkylation sites (tertiary alicyclic amines) is 1. The molecule has 3 rings (SSSR count). The van der Waals surface area contributed by atoms with Gasteiger partial charge in [0.1, 0.15) is 0 Å². The van der Waals surface area contributed by atoms with E-state index in [1.165, 1.54) is 6.42 Å². The summed E-state index contributed by atoms with van der Waals surface area (Å²) >= 11 is 17.9. The molecule has 2 atom stereocenters. The van der Waals surface area contributed by atoms with Gasteiger partial charge in [-0.1, -0.05) is 35.7 Å². The van der Waals surface area contributed by atoms with Crippen molar-refractivity contribution in [3.05, 3.63) is 33.8 Å². The van der Waals surface area contributed by atoms with Gasteiger partial charge in [-0.05, 0) is 56.6 Å². The van der Waals surface area contributed by atoms with Crippen LogP contribution in [-0.4, -0.2) is 53.1 Å². The molecule has 2 aliphatic heterocycles. The lowest BCUT2D eigenvalue weighted by Gasteiger charge is -2.34. The first-order chi connectivity index (χ1) is 13.0. The number of hydrazone groups is 1. The van der Waals surface area contributed by atoms with E-state index in [1.807, 2.05) is 24.4 Å². The van der Waals surface area contributed by atoms with E-state index in [0.29, 0.717) is 23.1 Å². The second kappa shape index (κ2) is 10.0. The SMILES string of the molecule is NC(=S)N(CC1CCCO1)N=CC1CCCCN1Cc1c(Cl)cccc1Cl.